The Morgan fingerprint density at radius 3 is 1.93 bits per heavy atom. The molecule has 0 aromatic heterocycles. The molecule has 3 amide bonds. The summed E-state index contributed by atoms with van der Waals surface area (Å²) < 4.78 is 0. The number of hydrazone groups is 1. The Hall–Kier alpha value is -1.81. The molecule has 246 valence electrons. The fourth-order valence-corrected chi connectivity index (χ4v) is 4.73. The normalized spacial score (nSPS) is 16.5. The maximum Gasteiger partial charge on any atom is 0.242 e. The van der Waals surface area contributed by atoms with Crippen LogP contribution in [0, 0.1) is 23.7 Å². The van der Waals surface area contributed by atoms with E-state index in [0.29, 0.717) is 37.5 Å². The van der Waals surface area contributed by atoms with Gasteiger partial charge in [0.05, 0.1) is 12.1 Å². The first-order valence-corrected chi connectivity index (χ1v) is 17.3. The monoisotopic (exact) mass is 613 g/mol. The molecule has 0 fully saturated rings. The first-order chi connectivity index (χ1) is 19.5. The van der Waals surface area contributed by atoms with Gasteiger partial charge in [-0.05, 0) is 83.6 Å². The summed E-state index contributed by atoms with van der Waals surface area (Å²) >= 11 is 1.62. The van der Waals surface area contributed by atoms with Crippen LogP contribution in [0.25, 0.3) is 0 Å². The number of aliphatic hydroxyl groups is 1. The minimum absolute atomic E-state index is 0.0353. The molecule has 0 aliphatic heterocycles. The van der Waals surface area contributed by atoms with Gasteiger partial charge in [-0.2, -0.15) is 16.9 Å². The van der Waals surface area contributed by atoms with Crippen LogP contribution in [0.15, 0.2) is 5.10 Å². The van der Waals surface area contributed by atoms with Crippen LogP contribution in [0.4, 0.5) is 0 Å². The molecule has 0 saturated heterocycles. The van der Waals surface area contributed by atoms with Crippen molar-refractivity contribution in [2.45, 2.75) is 139 Å². The predicted octanol–water partition coefficient (Wildman–Crippen LogP) is 4.83. The molecular formula is C32H63N5O4S. The van der Waals surface area contributed by atoms with Crippen molar-refractivity contribution >= 4 is 35.2 Å². The van der Waals surface area contributed by atoms with Crippen LogP contribution < -0.4 is 16.0 Å². The zero-order valence-corrected chi connectivity index (χ0v) is 29.4. The highest BCUT2D eigenvalue weighted by Gasteiger charge is 2.30. The second-order valence-electron chi connectivity index (χ2n) is 13.0. The topological polar surface area (TPSA) is 123 Å². The quantitative estimate of drug-likeness (QED) is 0.109. The third kappa shape index (κ3) is 16.1. The number of rotatable bonds is 21. The second-order valence-corrected chi connectivity index (χ2v) is 14.0. The van der Waals surface area contributed by atoms with E-state index in [2.05, 4.69) is 55.7 Å². The van der Waals surface area contributed by atoms with E-state index in [1.54, 1.807) is 18.7 Å². The van der Waals surface area contributed by atoms with Gasteiger partial charge in [-0.15, -0.1) is 0 Å². The summed E-state index contributed by atoms with van der Waals surface area (Å²) in [6.45, 7) is 22.7. The number of nitrogens with one attached hydrogen (secondary N) is 3. The SMILES string of the molecule is CC/C(C)=N\N(CC[C@@H](C)C(=O)N[C@@H](CCSC)C(=O)N[C@@H](CC(C)C)[C@@H](O)C[C@@H](C)C(=O)N[C@H](C)C(C)C)C(C)C. The molecule has 0 aromatic rings. The number of nitrogens with zero attached hydrogens (tertiary/aromatic N) is 2. The standard InChI is InChI=1S/C32H63N5O4S/c1-13-25(10)36-37(22(6)7)16-14-23(8)30(39)34-27(15-17-42-12)32(41)35-28(18-20(2)3)29(38)19-24(9)31(40)33-26(11)21(4)5/h20-24,26-29,38H,13-19H2,1-12H3,(H,33,40)(H,34,39)(H,35,41)/b36-25-/t23-,24-,26-,27+,28+,29+/m1/s1. The van der Waals surface area contributed by atoms with E-state index in [1.807, 2.05) is 45.9 Å². The first kappa shape index (κ1) is 40.2. The third-order valence-corrected chi connectivity index (χ3v) is 8.46. The molecule has 0 rings (SSSR count). The van der Waals surface area contributed by atoms with Crippen molar-refractivity contribution in [1.29, 1.82) is 0 Å². The zero-order valence-electron chi connectivity index (χ0n) is 28.6. The smallest absolute Gasteiger partial charge is 0.242 e. The Labute approximate surface area is 261 Å². The van der Waals surface area contributed by atoms with E-state index in [9.17, 15) is 19.5 Å². The number of carbonyl (C=O) groups excluding carboxylic acids is 3. The van der Waals surface area contributed by atoms with E-state index >= 15 is 0 Å². The zero-order chi connectivity index (χ0) is 32.6. The van der Waals surface area contributed by atoms with Crippen LogP contribution >= 0.6 is 11.8 Å². The molecule has 4 N–H and O–H groups in total. The fraction of sp³-hybridized carbons (Fsp3) is 0.875. The molecule has 0 saturated carbocycles. The molecule has 9 nitrogen and oxygen atoms in total. The minimum atomic E-state index is -0.892. The van der Waals surface area contributed by atoms with Crippen molar-refractivity contribution in [3.05, 3.63) is 0 Å². The van der Waals surface area contributed by atoms with E-state index in [-0.39, 0.29) is 48.1 Å². The molecule has 0 aliphatic carbocycles. The molecule has 0 aliphatic rings. The van der Waals surface area contributed by atoms with Gasteiger partial charge in [0, 0.05) is 36.2 Å². The molecule has 0 unspecified atom stereocenters. The Morgan fingerprint density at radius 2 is 1.43 bits per heavy atom. The summed E-state index contributed by atoms with van der Waals surface area (Å²) in [6, 6.07) is -0.976. The highest BCUT2D eigenvalue weighted by atomic mass is 32.2. The number of thioether (sulfide) groups is 1. The van der Waals surface area contributed by atoms with Crippen LogP contribution in [0.1, 0.15) is 108 Å². The molecule has 0 aromatic carbocycles. The van der Waals surface area contributed by atoms with Gasteiger partial charge in [0.15, 0.2) is 0 Å². The largest absolute Gasteiger partial charge is 0.391 e. The van der Waals surface area contributed by atoms with Crippen LogP contribution in [0.3, 0.4) is 0 Å². The average Bonchev–Trinajstić information content (AvgIpc) is 2.91. The van der Waals surface area contributed by atoms with Crippen LogP contribution in [0.2, 0.25) is 0 Å². The second kappa shape index (κ2) is 21.0. The molecule has 42 heavy (non-hydrogen) atoms. The summed E-state index contributed by atoms with van der Waals surface area (Å²) in [7, 11) is 0. The lowest BCUT2D eigenvalue weighted by molar-refractivity contribution is -0.132. The van der Waals surface area contributed by atoms with Crippen molar-refractivity contribution in [3.8, 4) is 0 Å². The van der Waals surface area contributed by atoms with Gasteiger partial charge >= 0.3 is 0 Å². The average molecular weight is 614 g/mol. The van der Waals surface area contributed by atoms with Crippen molar-refractivity contribution in [3.63, 3.8) is 0 Å². The van der Waals surface area contributed by atoms with Crippen molar-refractivity contribution < 1.29 is 19.5 Å². The molecule has 10 heteroatoms. The van der Waals surface area contributed by atoms with E-state index in [0.717, 1.165) is 12.1 Å². The molecule has 6 atom stereocenters. The van der Waals surface area contributed by atoms with Gasteiger partial charge < -0.3 is 21.1 Å². The Bertz CT molecular complexity index is 836. The lowest BCUT2D eigenvalue weighted by Gasteiger charge is -2.30. The van der Waals surface area contributed by atoms with Crippen molar-refractivity contribution in [1.82, 2.24) is 21.0 Å². The third-order valence-electron chi connectivity index (χ3n) is 7.82. The summed E-state index contributed by atoms with van der Waals surface area (Å²) in [5.41, 5.74) is 1.05. The lowest BCUT2D eigenvalue weighted by Crippen LogP contribution is -2.54. The number of carbonyl (C=O) groups is 3. The molecule has 0 radical (unpaired) electrons. The summed E-state index contributed by atoms with van der Waals surface area (Å²) in [4.78, 5) is 39.4. The number of amides is 3. The minimum Gasteiger partial charge on any atom is -0.391 e. The van der Waals surface area contributed by atoms with Gasteiger partial charge in [0.1, 0.15) is 6.04 Å². The molecular weight excluding hydrogens is 550 g/mol. The summed E-state index contributed by atoms with van der Waals surface area (Å²) in [5.74, 6) is -0.0277. The van der Waals surface area contributed by atoms with E-state index in [1.165, 1.54) is 0 Å². The fourth-order valence-electron chi connectivity index (χ4n) is 4.26. The van der Waals surface area contributed by atoms with Crippen molar-refractivity contribution in [2.24, 2.45) is 28.8 Å². The number of hydrogen-bond donors (Lipinski definition) is 4. The van der Waals surface area contributed by atoms with Gasteiger partial charge in [0.25, 0.3) is 0 Å². The predicted molar refractivity (Wildman–Crippen MR) is 178 cm³/mol. The van der Waals surface area contributed by atoms with Crippen LogP contribution in [0.5, 0.6) is 0 Å². The highest BCUT2D eigenvalue weighted by Crippen LogP contribution is 2.17. The Morgan fingerprint density at radius 1 is 0.833 bits per heavy atom. The van der Waals surface area contributed by atoms with Gasteiger partial charge in [-0.1, -0.05) is 48.5 Å². The van der Waals surface area contributed by atoms with E-state index in [4.69, 9.17) is 0 Å². The molecule has 0 heterocycles. The van der Waals surface area contributed by atoms with E-state index < -0.39 is 24.1 Å². The number of hydrogen-bond acceptors (Lipinski definition) is 7. The van der Waals surface area contributed by atoms with Crippen LogP contribution in [-0.4, -0.2) is 82.4 Å². The lowest BCUT2D eigenvalue weighted by atomic mass is 9.92. The highest BCUT2D eigenvalue weighted by molar-refractivity contribution is 7.98. The van der Waals surface area contributed by atoms with Gasteiger partial charge in [-0.3, -0.25) is 19.4 Å². The Kier molecular flexibility index (Phi) is 20.1. The molecule has 0 bridgehead atoms. The summed E-state index contributed by atoms with van der Waals surface area (Å²) in [5, 5.41) is 26.9. The summed E-state index contributed by atoms with van der Waals surface area (Å²) in [6.07, 6.45) is 3.85. The van der Waals surface area contributed by atoms with Gasteiger partial charge in [-0.25, -0.2) is 0 Å². The van der Waals surface area contributed by atoms with Crippen molar-refractivity contribution in [2.75, 3.05) is 18.6 Å². The first-order valence-electron chi connectivity index (χ1n) is 15.9. The molecule has 0 spiro atoms. The van der Waals surface area contributed by atoms with Crippen LogP contribution in [-0.2, 0) is 14.4 Å². The Balaban J connectivity index is 5.47. The maximum absolute atomic E-state index is 13.5. The van der Waals surface area contributed by atoms with Gasteiger partial charge in [0.2, 0.25) is 17.7 Å². The maximum atomic E-state index is 13.5. The number of aliphatic hydroxyl groups excluding tert-OH is 1.